The number of hydrogen-bond donors (Lipinski definition) is 0. The Kier molecular flexibility index (Phi) is 9.06. The van der Waals surface area contributed by atoms with E-state index >= 15 is 0 Å². The molecule has 288 valence electrons. The van der Waals surface area contributed by atoms with Gasteiger partial charge in [-0.05, 0) is 98.8 Å². The van der Waals surface area contributed by atoms with Gasteiger partial charge in [-0.2, -0.15) is 0 Å². The Balaban J connectivity index is 1.38. The summed E-state index contributed by atoms with van der Waals surface area (Å²) in [6.07, 6.45) is 3.42. The van der Waals surface area contributed by atoms with Crippen molar-refractivity contribution in [3.05, 3.63) is 205 Å². The Morgan fingerprint density at radius 3 is 1.25 bits per heavy atom. The van der Waals surface area contributed by atoms with Crippen molar-refractivity contribution in [2.75, 3.05) is 14.7 Å². The summed E-state index contributed by atoms with van der Waals surface area (Å²) in [6, 6.07) is 68.2. The number of hydrogen-bond acceptors (Lipinski definition) is 7. The molecule has 3 atom stereocenters. The molecule has 3 aliphatic rings. The van der Waals surface area contributed by atoms with Crippen molar-refractivity contribution >= 4 is 69.6 Å². The third kappa shape index (κ3) is 6.41. The summed E-state index contributed by atoms with van der Waals surface area (Å²) in [4.78, 5) is 17.1. The first-order valence-corrected chi connectivity index (χ1v) is 20.0. The first kappa shape index (κ1) is 36.0. The van der Waals surface area contributed by atoms with Crippen LogP contribution in [-0.4, -0.2) is 30.0 Å². The highest BCUT2D eigenvalue weighted by molar-refractivity contribution is 6.00. The van der Waals surface area contributed by atoms with Gasteiger partial charge in [-0.3, -0.25) is 0 Å². The average Bonchev–Trinajstić information content (AvgIpc) is 3.86. The van der Waals surface area contributed by atoms with E-state index in [1.54, 1.807) is 12.8 Å². The van der Waals surface area contributed by atoms with Crippen molar-refractivity contribution in [2.24, 2.45) is 9.98 Å². The molecular weight excluding hydrogens is 727 g/mol. The van der Waals surface area contributed by atoms with Crippen LogP contribution in [0.3, 0.4) is 0 Å². The number of benzene rings is 7. The lowest BCUT2D eigenvalue weighted by atomic mass is 9.70. The highest BCUT2D eigenvalue weighted by Gasteiger charge is 2.57. The van der Waals surface area contributed by atoms with Crippen LogP contribution in [0.25, 0.3) is 5.57 Å². The number of aliphatic imine (C=N–C) groups is 2. The van der Waals surface area contributed by atoms with Crippen molar-refractivity contribution in [1.29, 1.82) is 0 Å². The lowest BCUT2D eigenvalue weighted by molar-refractivity contribution is 0.0660. The lowest BCUT2D eigenvalue weighted by Gasteiger charge is -2.43. The minimum Gasteiger partial charge on any atom is -0.473 e. The maximum Gasteiger partial charge on any atom is 0.175 e. The third-order valence-electron chi connectivity index (χ3n) is 11.5. The molecule has 0 amide bonds. The third-order valence-corrected chi connectivity index (χ3v) is 11.5. The Hall–Kier alpha value is -7.38. The Labute approximate surface area is 345 Å². The quantitative estimate of drug-likeness (QED) is 0.139. The Morgan fingerprint density at radius 2 is 0.847 bits per heavy atom. The molecule has 7 aromatic rings. The minimum absolute atomic E-state index is 0.420. The second kappa shape index (κ2) is 14.8. The molecule has 0 saturated heterocycles. The fourth-order valence-electron chi connectivity index (χ4n) is 8.96. The molecule has 7 nitrogen and oxygen atoms in total. The molecule has 7 heteroatoms. The molecule has 7 aromatic carbocycles. The van der Waals surface area contributed by atoms with Gasteiger partial charge in [0.1, 0.15) is 5.54 Å². The summed E-state index contributed by atoms with van der Waals surface area (Å²) in [7, 11) is 0. The fraction of sp³-hybridized carbons (Fsp3) is 0.115. The van der Waals surface area contributed by atoms with Crippen molar-refractivity contribution in [3.8, 4) is 0 Å². The SMILES string of the molecule is CC12CC3(C)N=COC3C(c3cc(N(c4ccccc4)c4ccccc4)c(N(c4ccccc4)c4ccccc4)cc3N(c3ccccc3)c3ccccc3)=C1N=CO2. The molecule has 1 aliphatic carbocycles. The highest BCUT2D eigenvalue weighted by Crippen LogP contribution is 2.57. The van der Waals surface area contributed by atoms with Crippen LogP contribution in [0, 0.1) is 0 Å². The fourth-order valence-corrected chi connectivity index (χ4v) is 8.96. The maximum atomic E-state index is 6.59. The summed E-state index contributed by atoms with van der Waals surface area (Å²) in [6.45, 7) is 4.29. The van der Waals surface area contributed by atoms with E-state index in [0.717, 1.165) is 68.0 Å². The molecule has 0 radical (unpaired) electrons. The molecule has 0 aromatic heterocycles. The minimum atomic E-state index is -0.718. The molecule has 2 heterocycles. The smallest absolute Gasteiger partial charge is 0.175 e. The van der Waals surface area contributed by atoms with Gasteiger partial charge in [-0.25, -0.2) is 9.98 Å². The summed E-state index contributed by atoms with van der Waals surface area (Å²) in [5.41, 5.74) is 10.4. The average molecular weight is 770 g/mol. The van der Waals surface area contributed by atoms with E-state index in [0.29, 0.717) is 6.42 Å². The topological polar surface area (TPSA) is 52.9 Å². The Bertz CT molecular complexity index is 2560. The molecule has 59 heavy (non-hydrogen) atoms. The van der Waals surface area contributed by atoms with Gasteiger partial charge in [0.25, 0.3) is 0 Å². The van der Waals surface area contributed by atoms with Gasteiger partial charge in [0, 0.05) is 51.7 Å². The predicted molar refractivity (Wildman–Crippen MR) is 242 cm³/mol. The molecule has 2 aliphatic heterocycles. The van der Waals surface area contributed by atoms with Gasteiger partial charge < -0.3 is 24.2 Å². The zero-order valence-electron chi connectivity index (χ0n) is 33.0. The van der Waals surface area contributed by atoms with Crippen LogP contribution >= 0.6 is 0 Å². The molecule has 0 fully saturated rings. The highest BCUT2D eigenvalue weighted by atomic mass is 16.5. The maximum absolute atomic E-state index is 6.59. The zero-order valence-corrected chi connectivity index (χ0v) is 33.0. The van der Waals surface area contributed by atoms with Crippen LogP contribution in [0.1, 0.15) is 25.8 Å². The second-order valence-electron chi connectivity index (χ2n) is 15.5. The van der Waals surface area contributed by atoms with Crippen molar-refractivity contribution in [2.45, 2.75) is 37.5 Å². The van der Waals surface area contributed by atoms with Gasteiger partial charge in [0.15, 0.2) is 24.5 Å². The summed E-state index contributed by atoms with van der Waals surface area (Å²) in [5.74, 6) is 0. The number of para-hydroxylation sites is 6. The summed E-state index contributed by atoms with van der Waals surface area (Å²) < 4.78 is 13.0. The Morgan fingerprint density at radius 1 is 0.475 bits per heavy atom. The number of fused-ring (bicyclic) bond motifs is 2. The van der Waals surface area contributed by atoms with Crippen LogP contribution < -0.4 is 14.7 Å². The van der Waals surface area contributed by atoms with Crippen molar-refractivity contribution < 1.29 is 9.47 Å². The van der Waals surface area contributed by atoms with Gasteiger partial charge in [-0.15, -0.1) is 0 Å². The molecule has 10 rings (SSSR count). The first-order chi connectivity index (χ1) is 29.0. The largest absolute Gasteiger partial charge is 0.473 e. The lowest BCUT2D eigenvalue weighted by Crippen LogP contribution is -2.49. The monoisotopic (exact) mass is 769 g/mol. The zero-order chi connectivity index (χ0) is 39.8. The molecule has 0 bridgehead atoms. The van der Waals surface area contributed by atoms with Gasteiger partial charge in [0.05, 0.1) is 22.8 Å². The second-order valence-corrected chi connectivity index (χ2v) is 15.5. The van der Waals surface area contributed by atoms with Gasteiger partial charge >= 0.3 is 0 Å². The predicted octanol–water partition coefficient (Wildman–Crippen LogP) is 13.2. The number of ether oxygens (including phenoxy) is 2. The molecule has 0 N–H and O–H groups in total. The standard InChI is InChI=1S/C52H43N5O2/c1-51-35-52(2)49(53-36-59-52)48(50(51)58-37-54-51)44-33-46(56(40-25-13-5-14-26-40)41-27-15-6-16-28-41)47(57(42-29-17-7-18-30-42)43-31-19-8-20-32-43)34-45(44)55(38-21-9-3-10-22-38)39-23-11-4-12-24-39/h3-34,36-37,50H,35H2,1-2H3. The number of rotatable bonds is 10. The van der Waals surface area contributed by atoms with Crippen LogP contribution in [0.4, 0.5) is 51.2 Å². The van der Waals surface area contributed by atoms with Crippen LogP contribution in [0.5, 0.6) is 0 Å². The molecule has 0 spiro atoms. The summed E-state index contributed by atoms with van der Waals surface area (Å²) >= 11 is 0. The van der Waals surface area contributed by atoms with Gasteiger partial charge in [-0.1, -0.05) is 109 Å². The van der Waals surface area contributed by atoms with Crippen LogP contribution in [0.2, 0.25) is 0 Å². The summed E-state index contributed by atoms with van der Waals surface area (Å²) in [5, 5.41) is 0. The van der Waals surface area contributed by atoms with E-state index in [1.165, 1.54) is 0 Å². The van der Waals surface area contributed by atoms with Crippen LogP contribution in [0.15, 0.2) is 210 Å². The van der Waals surface area contributed by atoms with Crippen molar-refractivity contribution in [1.82, 2.24) is 0 Å². The van der Waals surface area contributed by atoms with Crippen molar-refractivity contribution in [3.63, 3.8) is 0 Å². The van der Waals surface area contributed by atoms with E-state index in [2.05, 4.69) is 223 Å². The number of anilines is 9. The molecule has 3 unspecified atom stereocenters. The van der Waals surface area contributed by atoms with E-state index in [1.807, 2.05) is 0 Å². The van der Waals surface area contributed by atoms with Crippen LogP contribution in [-0.2, 0) is 9.47 Å². The van der Waals surface area contributed by atoms with E-state index in [9.17, 15) is 0 Å². The molecular formula is C52H43N5O2. The van der Waals surface area contributed by atoms with E-state index in [-0.39, 0.29) is 0 Å². The number of nitrogens with zero attached hydrogens (tertiary/aromatic N) is 5. The molecule has 0 saturated carbocycles. The van der Waals surface area contributed by atoms with E-state index < -0.39 is 17.2 Å². The normalized spacial score (nSPS) is 20.0. The first-order valence-electron chi connectivity index (χ1n) is 20.0. The van der Waals surface area contributed by atoms with Gasteiger partial charge in [0.2, 0.25) is 0 Å². The van der Waals surface area contributed by atoms with E-state index in [4.69, 9.17) is 19.5 Å².